The van der Waals surface area contributed by atoms with E-state index in [2.05, 4.69) is 44.2 Å². The normalized spacial score (nSPS) is 17.1. The van der Waals surface area contributed by atoms with Crippen LogP contribution in [-0.2, 0) is 10.9 Å². The van der Waals surface area contributed by atoms with E-state index in [0.717, 1.165) is 5.69 Å². The van der Waals surface area contributed by atoms with Gasteiger partial charge in [0.15, 0.2) is 0 Å². The van der Waals surface area contributed by atoms with Gasteiger partial charge in [0.25, 0.3) is 0 Å². The Labute approximate surface area is 189 Å². The molecule has 0 atom stereocenters. The average molecular weight is 461 g/mol. The van der Waals surface area contributed by atoms with Crippen molar-refractivity contribution in [3.05, 3.63) is 54.1 Å². The van der Waals surface area contributed by atoms with E-state index in [4.69, 9.17) is 15.2 Å². The summed E-state index contributed by atoms with van der Waals surface area (Å²) in [6.45, 7) is 0.502. The number of nitrogens with two attached hydrogens (primary N) is 1. The Hall–Kier alpha value is -3.14. The minimum absolute atomic E-state index is 0.251. The second-order valence-corrected chi connectivity index (χ2v) is 8.11. The number of halogens is 3. The summed E-state index contributed by atoms with van der Waals surface area (Å²) in [5.74, 6) is 1.03. The number of anilines is 1. The highest BCUT2D eigenvalue weighted by molar-refractivity contribution is 5.58. The molecule has 0 bridgehead atoms. The summed E-state index contributed by atoms with van der Waals surface area (Å²) in [6, 6.07) is 10.4. The van der Waals surface area contributed by atoms with E-state index in [1.54, 1.807) is 0 Å². The predicted octanol–water partition coefficient (Wildman–Crippen LogP) is 4.98. The zero-order chi connectivity index (χ0) is 23.3. The van der Waals surface area contributed by atoms with Crippen molar-refractivity contribution in [2.75, 3.05) is 18.9 Å². The van der Waals surface area contributed by atoms with Gasteiger partial charge in [-0.05, 0) is 18.4 Å². The van der Waals surface area contributed by atoms with Gasteiger partial charge in [-0.1, -0.05) is 49.6 Å². The van der Waals surface area contributed by atoms with E-state index in [0.29, 0.717) is 12.1 Å². The number of aromatic nitrogens is 4. The first-order valence-corrected chi connectivity index (χ1v) is 10.9. The fourth-order valence-electron chi connectivity index (χ4n) is 3.79. The molecule has 0 unspecified atom stereocenters. The zero-order valence-electron chi connectivity index (χ0n) is 18.0. The highest BCUT2D eigenvalue weighted by atomic mass is 19.4. The largest absolute Gasteiger partial charge is 0.469 e. The summed E-state index contributed by atoms with van der Waals surface area (Å²) in [5.41, 5.74) is 6.54. The monoisotopic (exact) mass is 461 g/mol. The van der Waals surface area contributed by atoms with Crippen molar-refractivity contribution in [2.45, 2.75) is 50.3 Å². The summed E-state index contributed by atoms with van der Waals surface area (Å²) < 4.78 is 47.4. The molecule has 3 aromatic rings. The SMILES string of the molecule is Nc1ncc(C(F)(F)F)c(OC2COC2)n1.c1ccc(-c2cnc(C3CCCCC3)[nH]2)cc1. The van der Waals surface area contributed by atoms with Crippen LogP contribution in [0.2, 0.25) is 0 Å². The van der Waals surface area contributed by atoms with Crippen LogP contribution >= 0.6 is 0 Å². The number of benzene rings is 1. The number of nitrogens with zero attached hydrogens (tertiary/aromatic N) is 3. The molecule has 0 spiro atoms. The third-order valence-electron chi connectivity index (χ3n) is 5.64. The van der Waals surface area contributed by atoms with Gasteiger partial charge >= 0.3 is 6.18 Å². The predicted molar refractivity (Wildman–Crippen MR) is 117 cm³/mol. The molecular formula is C23H26F3N5O2. The van der Waals surface area contributed by atoms with Gasteiger partial charge in [0.05, 0.1) is 25.1 Å². The number of H-pyrrole nitrogens is 1. The summed E-state index contributed by atoms with van der Waals surface area (Å²) in [4.78, 5) is 14.8. The lowest BCUT2D eigenvalue weighted by Crippen LogP contribution is -2.39. The van der Waals surface area contributed by atoms with E-state index in [1.165, 1.54) is 43.5 Å². The molecule has 7 nitrogen and oxygen atoms in total. The Morgan fingerprint density at radius 1 is 1.00 bits per heavy atom. The van der Waals surface area contributed by atoms with Crippen LogP contribution in [-0.4, -0.2) is 39.3 Å². The van der Waals surface area contributed by atoms with Gasteiger partial charge in [-0.3, -0.25) is 0 Å². The van der Waals surface area contributed by atoms with Crippen molar-refractivity contribution < 1.29 is 22.6 Å². The maximum atomic E-state index is 12.5. The lowest BCUT2D eigenvalue weighted by atomic mass is 9.89. The fourth-order valence-corrected chi connectivity index (χ4v) is 3.79. The average Bonchev–Trinajstić information content (AvgIpc) is 3.28. The van der Waals surface area contributed by atoms with Crippen LogP contribution in [0.25, 0.3) is 11.3 Å². The van der Waals surface area contributed by atoms with Crippen molar-refractivity contribution in [3.63, 3.8) is 0 Å². The minimum Gasteiger partial charge on any atom is -0.469 e. The van der Waals surface area contributed by atoms with Crippen LogP contribution < -0.4 is 10.5 Å². The molecule has 5 rings (SSSR count). The number of nitrogens with one attached hydrogen (secondary N) is 1. The van der Waals surface area contributed by atoms with Crippen molar-refractivity contribution in [1.82, 2.24) is 19.9 Å². The number of hydrogen-bond acceptors (Lipinski definition) is 6. The molecule has 1 aliphatic heterocycles. The second-order valence-electron chi connectivity index (χ2n) is 8.11. The van der Waals surface area contributed by atoms with Gasteiger partial charge in [0.1, 0.15) is 17.5 Å². The lowest BCUT2D eigenvalue weighted by molar-refractivity contribution is -0.142. The van der Waals surface area contributed by atoms with E-state index < -0.39 is 23.7 Å². The number of hydrogen-bond donors (Lipinski definition) is 2. The van der Waals surface area contributed by atoms with E-state index in [9.17, 15) is 13.2 Å². The van der Waals surface area contributed by atoms with Crippen molar-refractivity contribution in [2.24, 2.45) is 0 Å². The molecule has 2 fully saturated rings. The first kappa shape index (κ1) is 23.0. The maximum absolute atomic E-state index is 12.5. The molecule has 10 heteroatoms. The third kappa shape index (κ3) is 6.01. The van der Waals surface area contributed by atoms with Crippen LogP contribution in [0.5, 0.6) is 5.88 Å². The fraction of sp³-hybridized carbons (Fsp3) is 0.435. The number of ether oxygens (including phenoxy) is 2. The van der Waals surface area contributed by atoms with Gasteiger partial charge in [-0.15, -0.1) is 0 Å². The van der Waals surface area contributed by atoms with Crippen LogP contribution in [0.3, 0.4) is 0 Å². The molecular weight excluding hydrogens is 435 g/mol. The Morgan fingerprint density at radius 3 is 2.36 bits per heavy atom. The molecule has 2 aliphatic rings. The Balaban J connectivity index is 0.000000157. The molecule has 3 N–H and O–H groups in total. The van der Waals surface area contributed by atoms with Crippen molar-refractivity contribution >= 4 is 5.95 Å². The maximum Gasteiger partial charge on any atom is 0.423 e. The van der Waals surface area contributed by atoms with Gasteiger partial charge in [0, 0.05) is 12.1 Å². The molecule has 0 radical (unpaired) electrons. The smallest absolute Gasteiger partial charge is 0.423 e. The third-order valence-corrected chi connectivity index (χ3v) is 5.64. The van der Waals surface area contributed by atoms with Crippen LogP contribution in [0.4, 0.5) is 19.1 Å². The van der Waals surface area contributed by atoms with Crippen LogP contribution in [0.1, 0.15) is 49.4 Å². The minimum atomic E-state index is -4.56. The molecule has 176 valence electrons. The standard InChI is InChI=1S/C15H18N2.C8H8F3N3O2/c1-3-7-12(8-4-1)14-11-16-15(17-14)13-9-5-2-6-10-13;9-8(10,11)5-1-13-7(12)14-6(5)16-4-2-15-3-4/h1,3-4,7-8,11,13H,2,5-6,9-10H2,(H,16,17);1,4H,2-3H2,(H2,12,13,14). The first-order valence-electron chi connectivity index (χ1n) is 10.9. The van der Waals surface area contributed by atoms with Crippen molar-refractivity contribution in [1.29, 1.82) is 0 Å². The number of aromatic amines is 1. The number of imidazole rings is 1. The zero-order valence-corrected chi connectivity index (χ0v) is 18.0. The van der Waals surface area contributed by atoms with Crippen molar-refractivity contribution in [3.8, 4) is 17.1 Å². The summed E-state index contributed by atoms with van der Waals surface area (Å²) in [6.07, 6.45) is 4.30. The van der Waals surface area contributed by atoms with Gasteiger partial charge in [-0.25, -0.2) is 9.97 Å². The van der Waals surface area contributed by atoms with E-state index in [-0.39, 0.29) is 19.2 Å². The van der Waals surface area contributed by atoms with Crippen LogP contribution in [0, 0.1) is 0 Å². The van der Waals surface area contributed by atoms with Crippen LogP contribution in [0.15, 0.2) is 42.7 Å². The number of nitrogen functional groups attached to an aromatic ring is 1. The molecule has 3 heterocycles. The summed E-state index contributed by atoms with van der Waals surface area (Å²) in [5, 5.41) is 0. The molecule has 1 saturated carbocycles. The van der Waals surface area contributed by atoms with E-state index in [1.807, 2.05) is 12.3 Å². The summed E-state index contributed by atoms with van der Waals surface area (Å²) in [7, 11) is 0. The lowest BCUT2D eigenvalue weighted by Gasteiger charge is -2.27. The quantitative estimate of drug-likeness (QED) is 0.569. The summed E-state index contributed by atoms with van der Waals surface area (Å²) >= 11 is 0. The highest BCUT2D eigenvalue weighted by Gasteiger charge is 2.37. The first-order chi connectivity index (χ1) is 15.9. The highest BCUT2D eigenvalue weighted by Crippen LogP contribution is 2.35. The number of alkyl halides is 3. The molecule has 33 heavy (non-hydrogen) atoms. The Kier molecular flexibility index (Phi) is 7.12. The number of rotatable bonds is 4. The second kappa shape index (κ2) is 10.2. The molecule has 1 aromatic carbocycles. The Bertz CT molecular complexity index is 1030. The molecule has 1 aliphatic carbocycles. The Morgan fingerprint density at radius 2 is 1.73 bits per heavy atom. The topological polar surface area (TPSA) is 98.9 Å². The van der Waals surface area contributed by atoms with Gasteiger partial charge in [-0.2, -0.15) is 18.2 Å². The van der Waals surface area contributed by atoms with Gasteiger partial charge < -0.3 is 20.2 Å². The van der Waals surface area contributed by atoms with Gasteiger partial charge in [0.2, 0.25) is 11.8 Å². The molecule has 0 amide bonds. The van der Waals surface area contributed by atoms with E-state index >= 15 is 0 Å². The molecule has 2 aromatic heterocycles. The molecule has 1 saturated heterocycles.